The van der Waals surface area contributed by atoms with E-state index in [1.54, 1.807) is 23.3 Å². The number of hydrogen-bond donors (Lipinski definition) is 3. The van der Waals surface area contributed by atoms with Crippen LogP contribution in [0.25, 0.3) is 5.95 Å². The summed E-state index contributed by atoms with van der Waals surface area (Å²) in [5.74, 6) is 0.251. The lowest BCUT2D eigenvalue weighted by Gasteiger charge is -2.17. The third-order valence-electron chi connectivity index (χ3n) is 2.91. The average molecular weight is 291 g/mol. The number of carbonyl (C=O) groups is 1. The molecule has 0 aliphatic carbocycles. The van der Waals surface area contributed by atoms with Gasteiger partial charge in [0.2, 0.25) is 11.9 Å². The third-order valence-corrected chi connectivity index (χ3v) is 2.91. The van der Waals surface area contributed by atoms with Crippen molar-refractivity contribution in [2.75, 3.05) is 6.54 Å². The summed E-state index contributed by atoms with van der Waals surface area (Å²) in [5, 5.41) is 22.4. The molecule has 0 spiro atoms. The zero-order chi connectivity index (χ0) is 15.2. The molecule has 2 heterocycles. The molecular weight excluding hydrogens is 274 g/mol. The summed E-state index contributed by atoms with van der Waals surface area (Å²) in [6.45, 7) is 1.69. The van der Waals surface area contributed by atoms with Crippen molar-refractivity contribution in [2.24, 2.45) is 0 Å². The van der Waals surface area contributed by atoms with Crippen LogP contribution in [0.2, 0.25) is 0 Å². The first-order chi connectivity index (χ1) is 10.1. The minimum absolute atomic E-state index is 0.176. The Morgan fingerprint density at radius 2 is 2.10 bits per heavy atom. The topological polar surface area (TPSA) is 113 Å². The van der Waals surface area contributed by atoms with Gasteiger partial charge in [0.1, 0.15) is 12.4 Å². The van der Waals surface area contributed by atoms with E-state index >= 15 is 0 Å². The smallest absolute Gasteiger partial charge is 0.234 e. The van der Waals surface area contributed by atoms with Gasteiger partial charge in [-0.15, -0.1) is 0 Å². The van der Waals surface area contributed by atoms with Crippen LogP contribution in [0, 0.1) is 0 Å². The van der Waals surface area contributed by atoms with E-state index in [4.69, 9.17) is 0 Å². The Morgan fingerprint density at radius 3 is 2.67 bits per heavy atom. The standard InChI is InChI=1S/C13H17N5O3/c1-9(19)15-3-2-11(20)12(21)10-6-16-13(17-7-10)18-5-4-14-8-18/h4-8,11-12,20-21H,2-3H2,1H3,(H,15,19). The molecule has 0 radical (unpaired) electrons. The monoisotopic (exact) mass is 291 g/mol. The maximum Gasteiger partial charge on any atom is 0.234 e. The predicted octanol–water partition coefficient (Wildman–Crippen LogP) is -0.417. The van der Waals surface area contributed by atoms with E-state index < -0.39 is 12.2 Å². The normalized spacial score (nSPS) is 13.7. The summed E-state index contributed by atoms with van der Waals surface area (Å²) in [5.41, 5.74) is 0.411. The molecule has 0 aliphatic rings. The molecule has 8 heteroatoms. The Hall–Kier alpha value is -2.32. The molecule has 2 unspecified atom stereocenters. The van der Waals surface area contributed by atoms with Crippen molar-refractivity contribution in [1.82, 2.24) is 24.8 Å². The van der Waals surface area contributed by atoms with Crippen LogP contribution in [-0.2, 0) is 4.79 Å². The number of aromatic nitrogens is 4. The van der Waals surface area contributed by atoms with Crippen LogP contribution in [0.5, 0.6) is 0 Å². The first kappa shape index (κ1) is 15.1. The fraction of sp³-hybridized carbons (Fsp3) is 0.385. The van der Waals surface area contributed by atoms with Crippen LogP contribution in [-0.4, -0.2) is 48.3 Å². The molecule has 2 aromatic rings. The van der Waals surface area contributed by atoms with Gasteiger partial charge in [0.05, 0.1) is 6.10 Å². The second-order valence-electron chi connectivity index (χ2n) is 4.57. The van der Waals surface area contributed by atoms with E-state index in [9.17, 15) is 15.0 Å². The molecule has 0 fully saturated rings. The van der Waals surface area contributed by atoms with E-state index in [0.717, 1.165) is 0 Å². The van der Waals surface area contributed by atoms with Crippen LogP contribution in [0.4, 0.5) is 0 Å². The third kappa shape index (κ3) is 4.07. The molecule has 2 aromatic heterocycles. The highest BCUT2D eigenvalue weighted by Gasteiger charge is 2.19. The molecule has 8 nitrogen and oxygen atoms in total. The number of hydrogen-bond acceptors (Lipinski definition) is 6. The van der Waals surface area contributed by atoms with Crippen molar-refractivity contribution >= 4 is 5.91 Å². The first-order valence-electron chi connectivity index (χ1n) is 6.49. The van der Waals surface area contributed by atoms with Gasteiger partial charge in [0.25, 0.3) is 0 Å². The number of nitrogens with zero attached hydrogens (tertiary/aromatic N) is 4. The van der Waals surface area contributed by atoms with Gasteiger partial charge in [-0.1, -0.05) is 0 Å². The van der Waals surface area contributed by atoms with E-state index in [-0.39, 0.29) is 12.3 Å². The summed E-state index contributed by atoms with van der Waals surface area (Å²) >= 11 is 0. The summed E-state index contributed by atoms with van der Waals surface area (Å²) in [6, 6.07) is 0. The van der Waals surface area contributed by atoms with Gasteiger partial charge in [-0.2, -0.15) is 0 Å². The Morgan fingerprint density at radius 1 is 1.38 bits per heavy atom. The largest absolute Gasteiger partial charge is 0.390 e. The lowest BCUT2D eigenvalue weighted by atomic mass is 10.1. The van der Waals surface area contributed by atoms with E-state index in [1.165, 1.54) is 19.3 Å². The molecule has 0 aromatic carbocycles. The quantitative estimate of drug-likeness (QED) is 0.666. The molecule has 2 atom stereocenters. The van der Waals surface area contributed by atoms with Gasteiger partial charge in [-0.25, -0.2) is 15.0 Å². The minimum Gasteiger partial charge on any atom is -0.390 e. The van der Waals surface area contributed by atoms with Gasteiger partial charge < -0.3 is 15.5 Å². The number of amides is 1. The van der Waals surface area contributed by atoms with Crippen LogP contribution in [0.3, 0.4) is 0 Å². The highest BCUT2D eigenvalue weighted by atomic mass is 16.3. The van der Waals surface area contributed by atoms with Gasteiger partial charge in [-0.3, -0.25) is 9.36 Å². The molecule has 2 rings (SSSR count). The fourth-order valence-corrected chi connectivity index (χ4v) is 1.77. The van der Waals surface area contributed by atoms with Gasteiger partial charge in [0.15, 0.2) is 0 Å². The van der Waals surface area contributed by atoms with E-state index in [2.05, 4.69) is 20.3 Å². The fourth-order valence-electron chi connectivity index (χ4n) is 1.77. The van der Waals surface area contributed by atoms with Crippen LogP contribution >= 0.6 is 0 Å². The molecule has 21 heavy (non-hydrogen) atoms. The second-order valence-corrected chi connectivity index (χ2v) is 4.57. The summed E-state index contributed by atoms with van der Waals surface area (Å²) in [7, 11) is 0. The van der Waals surface area contributed by atoms with Crippen molar-refractivity contribution in [2.45, 2.75) is 25.6 Å². The highest BCUT2D eigenvalue weighted by Crippen LogP contribution is 2.17. The number of imidazole rings is 1. The van der Waals surface area contributed by atoms with Crippen LogP contribution in [0.15, 0.2) is 31.1 Å². The zero-order valence-corrected chi connectivity index (χ0v) is 11.5. The number of rotatable bonds is 6. The summed E-state index contributed by atoms with van der Waals surface area (Å²) < 4.78 is 1.63. The Labute approximate surface area is 121 Å². The van der Waals surface area contributed by atoms with Gasteiger partial charge in [0, 0.05) is 43.8 Å². The number of aliphatic hydroxyl groups is 2. The first-order valence-corrected chi connectivity index (χ1v) is 6.49. The van der Waals surface area contributed by atoms with E-state index in [1.807, 2.05) is 0 Å². The van der Waals surface area contributed by atoms with E-state index in [0.29, 0.717) is 18.1 Å². The molecule has 0 aliphatic heterocycles. The van der Waals surface area contributed by atoms with Crippen molar-refractivity contribution in [3.05, 3.63) is 36.7 Å². The predicted molar refractivity (Wildman–Crippen MR) is 73.4 cm³/mol. The maximum atomic E-state index is 10.7. The Bertz CT molecular complexity index is 570. The molecule has 1 amide bonds. The van der Waals surface area contributed by atoms with Crippen molar-refractivity contribution in [1.29, 1.82) is 0 Å². The Balaban J connectivity index is 1.96. The number of nitrogens with one attached hydrogen (secondary N) is 1. The molecule has 0 saturated carbocycles. The molecule has 0 saturated heterocycles. The molecule has 112 valence electrons. The van der Waals surface area contributed by atoms with Crippen molar-refractivity contribution < 1.29 is 15.0 Å². The summed E-state index contributed by atoms with van der Waals surface area (Å²) in [6.07, 6.45) is 5.92. The van der Waals surface area contributed by atoms with Gasteiger partial charge in [-0.05, 0) is 6.42 Å². The zero-order valence-electron chi connectivity index (χ0n) is 11.5. The second kappa shape index (κ2) is 6.91. The Kier molecular flexibility index (Phi) is 4.96. The van der Waals surface area contributed by atoms with Gasteiger partial charge >= 0.3 is 0 Å². The van der Waals surface area contributed by atoms with Crippen LogP contribution in [0.1, 0.15) is 25.0 Å². The highest BCUT2D eigenvalue weighted by molar-refractivity contribution is 5.72. The number of carbonyl (C=O) groups excluding carboxylic acids is 1. The minimum atomic E-state index is -1.10. The lowest BCUT2D eigenvalue weighted by Crippen LogP contribution is -2.27. The van der Waals surface area contributed by atoms with Crippen LogP contribution < -0.4 is 5.32 Å². The summed E-state index contributed by atoms with van der Waals surface area (Å²) in [4.78, 5) is 22.8. The maximum absolute atomic E-state index is 10.7. The molecular formula is C13H17N5O3. The molecule has 0 bridgehead atoms. The average Bonchev–Trinajstić information content (AvgIpc) is 3.00. The SMILES string of the molecule is CC(=O)NCCC(O)C(O)c1cnc(-n2ccnc2)nc1. The van der Waals surface area contributed by atoms with Crippen molar-refractivity contribution in [3.63, 3.8) is 0 Å². The van der Waals surface area contributed by atoms with Crippen molar-refractivity contribution in [3.8, 4) is 5.95 Å². The lowest BCUT2D eigenvalue weighted by molar-refractivity contribution is -0.119. The molecule has 3 N–H and O–H groups in total. The number of aliphatic hydroxyl groups excluding tert-OH is 2.